The Labute approximate surface area is 147 Å². The summed E-state index contributed by atoms with van der Waals surface area (Å²) >= 11 is 8.20. The molecule has 0 fully saturated rings. The second-order valence-electron chi connectivity index (χ2n) is 4.49. The zero-order valence-corrected chi connectivity index (χ0v) is 14.9. The number of amides is 1. The van der Waals surface area contributed by atoms with Gasteiger partial charge >= 0.3 is 5.97 Å². The van der Waals surface area contributed by atoms with Crippen LogP contribution in [-0.2, 0) is 9.53 Å². The zero-order chi connectivity index (χ0) is 16.3. The van der Waals surface area contributed by atoms with Crippen molar-refractivity contribution in [1.82, 2.24) is 0 Å². The minimum atomic E-state index is -0.524. The molecule has 2 rings (SSSR count). The van der Waals surface area contributed by atoms with Crippen molar-refractivity contribution in [2.24, 2.45) is 0 Å². The molecule has 22 heavy (non-hydrogen) atoms. The fourth-order valence-corrected chi connectivity index (χ4v) is 2.77. The highest BCUT2D eigenvalue weighted by Gasteiger charge is 2.22. The van der Waals surface area contributed by atoms with E-state index in [1.165, 1.54) is 18.9 Å². The maximum Gasteiger partial charge on any atom is 0.339 e. The Morgan fingerprint density at radius 2 is 1.91 bits per heavy atom. The summed E-state index contributed by atoms with van der Waals surface area (Å²) in [5, 5.41) is 0.430. The normalized spacial score (nSPS) is 10.2. The van der Waals surface area contributed by atoms with Crippen LogP contribution in [0.2, 0.25) is 5.02 Å². The Morgan fingerprint density at radius 1 is 1.18 bits per heavy atom. The van der Waals surface area contributed by atoms with Gasteiger partial charge in [0.15, 0.2) is 0 Å². The summed E-state index contributed by atoms with van der Waals surface area (Å²) in [4.78, 5) is 25.6. The van der Waals surface area contributed by atoms with E-state index in [4.69, 9.17) is 16.3 Å². The van der Waals surface area contributed by atoms with Gasteiger partial charge < -0.3 is 4.74 Å². The standard InChI is InChI=1S/C16H13ClINO3/c1-10(20)19(13-5-3-4-12(18)9-13)15-8-11(17)6-7-14(15)16(21)22-2/h3-9H,1-2H3. The number of ether oxygens (including phenoxy) is 1. The molecule has 4 nitrogen and oxygen atoms in total. The van der Waals surface area contributed by atoms with Crippen molar-refractivity contribution in [2.45, 2.75) is 6.92 Å². The van der Waals surface area contributed by atoms with Crippen molar-refractivity contribution < 1.29 is 14.3 Å². The van der Waals surface area contributed by atoms with E-state index in [0.717, 1.165) is 3.57 Å². The van der Waals surface area contributed by atoms with Crippen LogP contribution in [0.5, 0.6) is 0 Å². The van der Waals surface area contributed by atoms with E-state index in [1.807, 2.05) is 18.2 Å². The number of carbonyl (C=O) groups is 2. The van der Waals surface area contributed by atoms with Gasteiger partial charge in [0.25, 0.3) is 0 Å². The summed E-state index contributed by atoms with van der Waals surface area (Å²) < 4.78 is 5.76. The van der Waals surface area contributed by atoms with Crippen LogP contribution in [0.25, 0.3) is 0 Å². The SMILES string of the molecule is COC(=O)c1ccc(Cl)cc1N(C(C)=O)c1cccc(I)c1. The lowest BCUT2D eigenvalue weighted by molar-refractivity contribution is -0.115. The Hall–Kier alpha value is -1.60. The van der Waals surface area contributed by atoms with E-state index >= 15 is 0 Å². The van der Waals surface area contributed by atoms with Crippen molar-refractivity contribution in [1.29, 1.82) is 0 Å². The molecule has 0 spiro atoms. The highest BCUT2D eigenvalue weighted by Crippen LogP contribution is 2.32. The topological polar surface area (TPSA) is 46.6 Å². The Kier molecular flexibility index (Phi) is 5.42. The molecule has 0 aliphatic heterocycles. The number of hydrogen-bond acceptors (Lipinski definition) is 3. The number of methoxy groups -OCH3 is 1. The largest absolute Gasteiger partial charge is 0.465 e. The number of hydrogen-bond donors (Lipinski definition) is 0. The van der Waals surface area contributed by atoms with Crippen LogP contribution in [0, 0.1) is 3.57 Å². The molecule has 0 aliphatic carbocycles. The third kappa shape index (κ3) is 3.59. The quantitative estimate of drug-likeness (QED) is 0.536. The van der Waals surface area contributed by atoms with Gasteiger partial charge in [0.05, 0.1) is 18.4 Å². The molecule has 2 aromatic rings. The molecular formula is C16H13ClINO3. The smallest absolute Gasteiger partial charge is 0.339 e. The van der Waals surface area contributed by atoms with Crippen LogP contribution in [-0.4, -0.2) is 19.0 Å². The predicted molar refractivity (Wildman–Crippen MR) is 94.8 cm³/mol. The summed E-state index contributed by atoms with van der Waals surface area (Å²) in [6.45, 7) is 1.43. The molecule has 0 aliphatic rings. The highest BCUT2D eigenvalue weighted by atomic mass is 127. The van der Waals surface area contributed by atoms with E-state index in [9.17, 15) is 9.59 Å². The lowest BCUT2D eigenvalue weighted by atomic mass is 10.1. The number of esters is 1. The molecule has 0 radical (unpaired) electrons. The van der Waals surface area contributed by atoms with Gasteiger partial charge in [-0.05, 0) is 59.0 Å². The molecule has 6 heteroatoms. The first-order valence-corrected chi connectivity index (χ1v) is 7.84. The van der Waals surface area contributed by atoms with Crippen LogP contribution >= 0.6 is 34.2 Å². The molecule has 0 heterocycles. The zero-order valence-electron chi connectivity index (χ0n) is 12.0. The second kappa shape index (κ2) is 7.11. The monoisotopic (exact) mass is 429 g/mol. The summed E-state index contributed by atoms with van der Waals surface area (Å²) in [5.74, 6) is -0.752. The molecule has 2 aromatic carbocycles. The molecule has 0 saturated heterocycles. The van der Waals surface area contributed by atoms with E-state index in [1.54, 1.807) is 24.3 Å². The molecular weight excluding hydrogens is 417 g/mol. The Morgan fingerprint density at radius 3 is 2.50 bits per heavy atom. The molecule has 0 aromatic heterocycles. The van der Waals surface area contributed by atoms with Crippen LogP contribution < -0.4 is 4.90 Å². The van der Waals surface area contributed by atoms with E-state index in [-0.39, 0.29) is 11.5 Å². The maximum atomic E-state index is 12.2. The van der Waals surface area contributed by atoms with Crippen molar-refractivity contribution >= 4 is 57.4 Å². The molecule has 0 N–H and O–H groups in total. The van der Waals surface area contributed by atoms with Crippen molar-refractivity contribution in [3.63, 3.8) is 0 Å². The first-order chi connectivity index (χ1) is 10.4. The third-order valence-electron chi connectivity index (χ3n) is 2.99. The average molecular weight is 430 g/mol. The van der Waals surface area contributed by atoms with Gasteiger partial charge in [-0.15, -0.1) is 0 Å². The molecule has 1 amide bonds. The lowest BCUT2D eigenvalue weighted by Crippen LogP contribution is -2.25. The van der Waals surface area contributed by atoms with E-state index in [2.05, 4.69) is 22.6 Å². The van der Waals surface area contributed by atoms with Crippen molar-refractivity contribution in [2.75, 3.05) is 12.0 Å². The summed E-state index contributed by atoms with van der Waals surface area (Å²) in [6.07, 6.45) is 0. The number of carbonyl (C=O) groups excluding carboxylic acids is 2. The summed E-state index contributed by atoms with van der Waals surface area (Å²) in [5.41, 5.74) is 1.33. The van der Waals surface area contributed by atoms with E-state index < -0.39 is 5.97 Å². The van der Waals surface area contributed by atoms with E-state index in [0.29, 0.717) is 16.4 Å². The molecule has 0 unspecified atom stereocenters. The minimum absolute atomic E-state index is 0.227. The van der Waals surface area contributed by atoms with Crippen molar-refractivity contribution in [3.8, 4) is 0 Å². The Balaban J connectivity index is 2.65. The first kappa shape index (κ1) is 16.8. The molecule has 0 atom stereocenters. The number of halogens is 2. The van der Waals surface area contributed by atoms with Gasteiger partial charge in [-0.1, -0.05) is 17.7 Å². The number of nitrogens with zero attached hydrogens (tertiary/aromatic N) is 1. The van der Waals surface area contributed by atoms with Gasteiger partial charge in [0.2, 0.25) is 5.91 Å². The lowest BCUT2D eigenvalue weighted by Gasteiger charge is -2.24. The second-order valence-corrected chi connectivity index (χ2v) is 6.17. The van der Waals surface area contributed by atoms with Crippen LogP contribution in [0.15, 0.2) is 42.5 Å². The molecule has 0 bridgehead atoms. The third-order valence-corrected chi connectivity index (χ3v) is 3.89. The van der Waals surface area contributed by atoms with Crippen LogP contribution in [0.3, 0.4) is 0 Å². The Bertz CT molecular complexity index is 733. The maximum absolute atomic E-state index is 12.2. The van der Waals surface area contributed by atoms with Gasteiger partial charge in [0.1, 0.15) is 0 Å². The average Bonchev–Trinajstić information content (AvgIpc) is 2.46. The van der Waals surface area contributed by atoms with Crippen molar-refractivity contribution in [3.05, 3.63) is 56.6 Å². The van der Waals surface area contributed by atoms with Crippen LogP contribution in [0.1, 0.15) is 17.3 Å². The molecule has 114 valence electrons. The highest BCUT2D eigenvalue weighted by molar-refractivity contribution is 14.1. The number of benzene rings is 2. The van der Waals surface area contributed by atoms with Crippen LogP contribution in [0.4, 0.5) is 11.4 Å². The first-order valence-electron chi connectivity index (χ1n) is 6.38. The predicted octanol–water partition coefficient (Wildman–Crippen LogP) is 4.42. The number of anilines is 2. The fraction of sp³-hybridized carbons (Fsp3) is 0.125. The van der Waals surface area contributed by atoms with Gasteiger partial charge in [0, 0.05) is 21.2 Å². The molecule has 0 saturated carbocycles. The fourth-order valence-electron chi connectivity index (χ4n) is 2.08. The summed E-state index contributed by atoms with van der Waals surface area (Å²) in [7, 11) is 1.30. The van der Waals surface area contributed by atoms with Gasteiger partial charge in [-0.3, -0.25) is 9.69 Å². The summed E-state index contributed by atoms with van der Waals surface area (Å²) in [6, 6.07) is 12.1. The number of rotatable bonds is 3. The minimum Gasteiger partial charge on any atom is -0.465 e. The van der Waals surface area contributed by atoms with Gasteiger partial charge in [-0.25, -0.2) is 4.79 Å². The van der Waals surface area contributed by atoms with Gasteiger partial charge in [-0.2, -0.15) is 0 Å².